The van der Waals surface area contributed by atoms with Crippen LogP contribution in [0.15, 0.2) is 12.1 Å². The van der Waals surface area contributed by atoms with Gasteiger partial charge in [0.1, 0.15) is 5.69 Å². The Kier molecular flexibility index (Phi) is 2.98. The van der Waals surface area contributed by atoms with Crippen LogP contribution in [0.4, 0.5) is 0 Å². The smallest absolute Gasteiger partial charge is 0.229 e. The molecule has 0 spiro atoms. The van der Waals surface area contributed by atoms with E-state index in [1.54, 1.807) is 12.1 Å². The lowest BCUT2D eigenvalue weighted by Crippen LogP contribution is -2.08. The first-order valence-corrected chi connectivity index (χ1v) is 3.76. The summed E-state index contributed by atoms with van der Waals surface area (Å²) in [6, 6.07) is 3.55. The molecule has 4 nitrogen and oxygen atoms in total. The van der Waals surface area contributed by atoms with E-state index in [0.29, 0.717) is 5.69 Å². The SMILES string of the molecule is Cc1ccc(C#CCC(N)=O)nn1. The Labute approximate surface area is 76.2 Å². The first-order chi connectivity index (χ1) is 6.18. The molecule has 0 aliphatic carbocycles. The van der Waals surface area contributed by atoms with Crippen LogP contribution in [0.5, 0.6) is 0 Å². The molecule has 2 N–H and O–H groups in total. The Morgan fingerprint density at radius 2 is 2.31 bits per heavy atom. The van der Waals surface area contributed by atoms with Crippen molar-refractivity contribution in [2.24, 2.45) is 5.73 Å². The number of primary amides is 1. The van der Waals surface area contributed by atoms with Crippen molar-refractivity contribution in [1.29, 1.82) is 0 Å². The van der Waals surface area contributed by atoms with Crippen LogP contribution in [-0.2, 0) is 4.79 Å². The third kappa shape index (κ3) is 3.34. The molecule has 0 aliphatic heterocycles. The first kappa shape index (κ1) is 9.20. The van der Waals surface area contributed by atoms with Gasteiger partial charge in [0.15, 0.2) is 0 Å². The molecule has 1 amide bonds. The topological polar surface area (TPSA) is 68.9 Å². The van der Waals surface area contributed by atoms with Crippen LogP contribution in [0.2, 0.25) is 0 Å². The van der Waals surface area contributed by atoms with Crippen LogP contribution in [0.3, 0.4) is 0 Å². The largest absolute Gasteiger partial charge is 0.369 e. The maximum atomic E-state index is 10.3. The number of nitrogens with zero attached hydrogens (tertiary/aromatic N) is 2. The Balaban J connectivity index is 2.67. The molecule has 0 saturated heterocycles. The summed E-state index contributed by atoms with van der Waals surface area (Å²) in [6.07, 6.45) is 0.0511. The molecule has 0 bridgehead atoms. The summed E-state index contributed by atoms with van der Waals surface area (Å²) in [7, 11) is 0. The third-order valence-electron chi connectivity index (χ3n) is 1.28. The molecule has 0 atom stereocenters. The summed E-state index contributed by atoms with van der Waals surface area (Å²) < 4.78 is 0. The third-order valence-corrected chi connectivity index (χ3v) is 1.28. The van der Waals surface area contributed by atoms with Gasteiger partial charge in [0.2, 0.25) is 5.91 Å². The average molecular weight is 175 g/mol. The van der Waals surface area contributed by atoms with Crippen molar-refractivity contribution in [1.82, 2.24) is 10.2 Å². The number of nitrogens with two attached hydrogens (primary N) is 1. The van der Waals surface area contributed by atoms with Crippen LogP contribution in [-0.4, -0.2) is 16.1 Å². The monoisotopic (exact) mass is 175 g/mol. The number of hydrogen-bond donors (Lipinski definition) is 1. The molecule has 13 heavy (non-hydrogen) atoms. The summed E-state index contributed by atoms with van der Waals surface area (Å²) in [4.78, 5) is 10.3. The minimum absolute atomic E-state index is 0.0511. The van der Waals surface area contributed by atoms with Crippen molar-refractivity contribution >= 4 is 5.91 Å². The molecule has 1 aromatic heterocycles. The molecule has 0 aliphatic rings. The predicted octanol–water partition coefficient (Wildman–Crippen LogP) is 0.0119. The standard InChI is InChI=1S/C9H9N3O/c1-7-5-6-8(12-11-7)3-2-4-9(10)13/h5-6H,4H2,1H3,(H2,10,13). The fourth-order valence-electron chi connectivity index (χ4n) is 0.687. The lowest BCUT2D eigenvalue weighted by molar-refractivity contribution is -0.117. The van der Waals surface area contributed by atoms with Crippen LogP contribution in [0.25, 0.3) is 0 Å². The van der Waals surface area contributed by atoms with E-state index in [-0.39, 0.29) is 6.42 Å². The fourth-order valence-corrected chi connectivity index (χ4v) is 0.687. The van der Waals surface area contributed by atoms with Crippen molar-refractivity contribution in [3.05, 3.63) is 23.5 Å². The zero-order valence-electron chi connectivity index (χ0n) is 7.24. The van der Waals surface area contributed by atoms with E-state index >= 15 is 0 Å². The van der Waals surface area contributed by atoms with Crippen LogP contribution in [0.1, 0.15) is 17.8 Å². The van der Waals surface area contributed by atoms with Gasteiger partial charge in [0.05, 0.1) is 12.1 Å². The molecule has 1 heterocycles. The van der Waals surface area contributed by atoms with Gasteiger partial charge in [0.25, 0.3) is 0 Å². The zero-order chi connectivity index (χ0) is 9.68. The number of rotatable bonds is 1. The Bertz CT molecular complexity index is 359. The molecular weight excluding hydrogens is 166 g/mol. The Morgan fingerprint density at radius 3 is 2.85 bits per heavy atom. The molecular formula is C9H9N3O. The number of aryl methyl sites for hydroxylation is 1. The summed E-state index contributed by atoms with van der Waals surface area (Å²) >= 11 is 0. The van der Waals surface area contributed by atoms with Gasteiger partial charge in [-0.05, 0) is 25.0 Å². The van der Waals surface area contributed by atoms with Gasteiger partial charge in [-0.3, -0.25) is 4.79 Å². The number of carbonyl (C=O) groups excluding carboxylic acids is 1. The van der Waals surface area contributed by atoms with Crippen molar-refractivity contribution in [2.75, 3.05) is 0 Å². The normalized spacial score (nSPS) is 8.69. The van der Waals surface area contributed by atoms with E-state index in [0.717, 1.165) is 5.69 Å². The predicted molar refractivity (Wildman–Crippen MR) is 47.5 cm³/mol. The second kappa shape index (κ2) is 4.21. The fraction of sp³-hybridized carbons (Fsp3) is 0.222. The van der Waals surface area contributed by atoms with Gasteiger partial charge in [-0.15, -0.1) is 5.10 Å². The van der Waals surface area contributed by atoms with E-state index in [4.69, 9.17) is 5.73 Å². The lowest BCUT2D eigenvalue weighted by Gasteiger charge is -1.88. The highest BCUT2D eigenvalue weighted by Crippen LogP contribution is 1.92. The van der Waals surface area contributed by atoms with E-state index in [1.165, 1.54) is 0 Å². The van der Waals surface area contributed by atoms with Gasteiger partial charge < -0.3 is 5.73 Å². The molecule has 0 radical (unpaired) electrons. The van der Waals surface area contributed by atoms with Crippen molar-refractivity contribution < 1.29 is 4.79 Å². The maximum absolute atomic E-state index is 10.3. The lowest BCUT2D eigenvalue weighted by atomic mass is 10.3. The summed E-state index contributed by atoms with van der Waals surface area (Å²) in [5.41, 5.74) is 6.29. The molecule has 1 aromatic rings. The maximum Gasteiger partial charge on any atom is 0.229 e. The molecule has 0 unspecified atom stereocenters. The summed E-state index contributed by atoms with van der Waals surface area (Å²) in [6.45, 7) is 1.84. The average Bonchev–Trinajstić information content (AvgIpc) is 2.08. The van der Waals surface area contributed by atoms with E-state index in [2.05, 4.69) is 22.0 Å². The molecule has 4 heteroatoms. The Hall–Kier alpha value is -1.89. The van der Waals surface area contributed by atoms with Gasteiger partial charge in [0, 0.05) is 0 Å². The van der Waals surface area contributed by atoms with Crippen molar-refractivity contribution in [3.8, 4) is 11.8 Å². The van der Waals surface area contributed by atoms with Gasteiger partial charge >= 0.3 is 0 Å². The number of hydrogen-bond acceptors (Lipinski definition) is 3. The summed E-state index contributed by atoms with van der Waals surface area (Å²) in [5, 5.41) is 7.61. The molecule has 0 aromatic carbocycles. The Morgan fingerprint density at radius 1 is 1.54 bits per heavy atom. The van der Waals surface area contributed by atoms with Crippen LogP contribution < -0.4 is 5.73 Å². The minimum atomic E-state index is -0.437. The second-order valence-electron chi connectivity index (χ2n) is 2.50. The molecule has 66 valence electrons. The van der Waals surface area contributed by atoms with Crippen LogP contribution in [0, 0.1) is 18.8 Å². The highest BCUT2D eigenvalue weighted by atomic mass is 16.1. The van der Waals surface area contributed by atoms with Gasteiger partial charge in [-0.2, -0.15) is 5.10 Å². The zero-order valence-corrected chi connectivity index (χ0v) is 7.24. The van der Waals surface area contributed by atoms with E-state index < -0.39 is 5.91 Å². The van der Waals surface area contributed by atoms with Gasteiger partial charge in [-0.1, -0.05) is 5.92 Å². The highest BCUT2D eigenvalue weighted by molar-refractivity contribution is 5.76. The molecule has 0 saturated carbocycles. The quantitative estimate of drug-likeness (QED) is 0.611. The van der Waals surface area contributed by atoms with Crippen LogP contribution >= 0.6 is 0 Å². The number of amides is 1. The molecule has 0 fully saturated rings. The number of carbonyl (C=O) groups is 1. The summed E-state index contributed by atoms with van der Waals surface area (Å²) in [5.74, 6) is 4.83. The van der Waals surface area contributed by atoms with Crippen molar-refractivity contribution in [2.45, 2.75) is 13.3 Å². The first-order valence-electron chi connectivity index (χ1n) is 3.76. The number of aromatic nitrogens is 2. The van der Waals surface area contributed by atoms with E-state index in [9.17, 15) is 4.79 Å². The van der Waals surface area contributed by atoms with E-state index in [1.807, 2.05) is 6.92 Å². The minimum Gasteiger partial charge on any atom is -0.369 e. The van der Waals surface area contributed by atoms with Gasteiger partial charge in [-0.25, -0.2) is 0 Å². The van der Waals surface area contributed by atoms with Crippen molar-refractivity contribution in [3.63, 3.8) is 0 Å². The highest BCUT2D eigenvalue weighted by Gasteiger charge is 1.89. The second-order valence-corrected chi connectivity index (χ2v) is 2.50. The molecule has 1 rings (SSSR count).